The van der Waals surface area contributed by atoms with E-state index < -0.39 is 11.3 Å². The topological polar surface area (TPSA) is 104 Å². The molecule has 0 bridgehead atoms. The maximum absolute atomic E-state index is 12.0. The molecule has 7 nitrogen and oxygen atoms in total. The SMILES string of the molecule is O=C(c1nnn[nH]1)c1cc2ccccc2[nH]c1=O. The van der Waals surface area contributed by atoms with Crippen LogP contribution in [0.2, 0.25) is 0 Å². The fourth-order valence-electron chi connectivity index (χ4n) is 1.70. The third-order valence-electron chi connectivity index (χ3n) is 2.56. The van der Waals surface area contributed by atoms with Crippen molar-refractivity contribution in [1.29, 1.82) is 0 Å². The maximum Gasteiger partial charge on any atom is 0.259 e. The number of pyridine rings is 1. The Morgan fingerprint density at radius 1 is 1.22 bits per heavy atom. The summed E-state index contributed by atoms with van der Waals surface area (Å²) in [6.45, 7) is 0. The van der Waals surface area contributed by atoms with Gasteiger partial charge in [-0.3, -0.25) is 9.59 Å². The van der Waals surface area contributed by atoms with E-state index in [1.165, 1.54) is 6.07 Å². The Morgan fingerprint density at radius 3 is 2.83 bits per heavy atom. The van der Waals surface area contributed by atoms with Crippen molar-refractivity contribution in [3.05, 3.63) is 52.1 Å². The lowest BCUT2D eigenvalue weighted by Crippen LogP contribution is -2.19. The number of nitrogens with zero attached hydrogens (tertiary/aromatic N) is 3. The molecule has 0 saturated carbocycles. The molecule has 0 aliphatic heterocycles. The van der Waals surface area contributed by atoms with E-state index in [0.29, 0.717) is 5.52 Å². The van der Waals surface area contributed by atoms with Crippen LogP contribution in [-0.4, -0.2) is 31.4 Å². The normalized spacial score (nSPS) is 10.7. The van der Waals surface area contributed by atoms with Gasteiger partial charge < -0.3 is 4.98 Å². The smallest absolute Gasteiger partial charge is 0.259 e. The van der Waals surface area contributed by atoms with E-state index in [9.17, 15) is 9.59 Å². The zero-order valence-corrected chi connectivity index (χ0v) is 9.04. The number of rotatable bonds is 2. The minimum atomic E-state index is -0.535. The van der Waals surface area contributed by atoms with E-state index in [1.807, 2.05) is 6.07 Å². The highest BCUT2D eigenvalue weighted by atomic mass is 16.1. The predicted molar refractivity (Wildman–Crippen MR) is 62.2 cm³/mol. The van der Waals surface area contributed by atoms with Crippen molar-refractivity contribution in [2.45, 2.75) is 0 Å². The Hall–Kier alpha value is -2.83. The van der Waals surface area contributed by atoms with Crippen LogP contribution in [0.3, 0.4) is 0 Å². The lowest BCUT2D eigenvalue weighted by atomic mass is 10.1. The van der Waals surface area contributed by atoms with Crippen LogP contribution in [0.4, 0.5) is 0 Å². The van der Waals surface area contributed by atoms with Gasteiger partial charge in [0.25, 0.3) is 5.56 Å². The molecule has 0 unspecified atom stereocenters. The third-order valence-corrected chi connectivity index (χ3v) is 2.56. The minimum Gasteiger partial charge on any atom is -0.321 e. The van der Waals surface area contributed by atoms with Gasteiger partial charge in [0.2, 0.25) is 11.6 Å². The molecule has 18 heavy (non-hydrogen) atoms. The molecule has 3 aromatic rings. The standard InChI is InChI=1S/C11H7N5O2/c17-9(10-13-15-16-14-10)7-5-6-3-1-2-4-8(6)12-11(7)18/h1-5H,(H,12,18)(H,13,14,15,16). The van der Waals surface area contributed by atoms with Crippen LogP contribution in [-0.2, 0) is 0 Å². The first-order valence-electron chi connectivity index (χ1n) is 5.16. The maximum atomic E-state index is 12.0. The molecule has 0 spiro atoms. The Kier molecular flexibility index (Phi) is 2.23. The molecular formula is C11H7N5O2. The number of benzene rings is 1. The van der Waals surface area contributed by atoms with Crippen LogP contribution >= 0.6 is 0 Å². The molecule has 2 N–H and O–H groups in total. The monoisotopic (exact) mass is 241 g/mol. The van der Waals surface area contributed by atoms with E-state index >= 15 is 0 Å². The van der Waals surface area contributed by atoms with Crippen molar-refractivity contribution in [2.75, 3.05) is 0 Å². The van der Waals surface area contributed by atoms with Gasteiger partial charge in [-0.05, 0) is 27.9 Å². The molecule has 3 rings (SSSR count). The Labute approximate surface area is 99.9 Å². The predicted octanol–water partition coefficient (Wildman–Crippen LogP) is 0.272. The molecule has 0 radical (unpaired) electrons. The summed E-state index contributed by atoms with van der Waals surface area (Å²) in [6.07, 6.45) is 0. The lowest BCUT2D eigenvalue weighted by molar-refractivity contribution is 0.102. The second-order valence-corrected chi connectivity index (χ2v) is 3.68. The zero-order valence-electron chi connectivity index (χ0n) is 9.04. The van der Waals surface area contributed by atoms with E-state index in [-0.39, 0.29) is 11.4 Å². The summed E-state index contributed by atoms with van der Waals surface area (Å²) >= 11 is 0. The number of hydrogen-bond donors (Lipinski definition) is 2. The quantitative estimate of drug-likeness (QED) is 0.627. The van der Waals surface area contributed by atoms with Gasteiger partial charge in [0.15, 0.2) is 0 Å². The molecule has 0 saturated heterocycles. The third kappa shape index (κ3) is 1.58. The van der Waals surface area contributed by atoms with Crippen LogP contribution < -0.4 is 5.56 Å². The molecule has 2 heterocycles. The Bertz CT molecular complexity index is 775. The highest BCUT2D eigenvalue weighted by Gasteiger charge is 2.17. The summed E-state index contributed by atoms with van der Waals surface area (Å²) in [4.78, 5) is 26.4. The molecule has 0 amide bonds. The average molecular weight is 241 g/mol. The van der Waals surface area contributed by atoms with Gasteiger partial charge in [0.05, 0.1) is 5.56 Å². The zero-order chi connectivity index (χ0) is 12.5. The number of aromatic nitrogens is 5. The fraction of sp³-hybridized carbons (Fsp3) is 0. The van der Waals surface area contributed by atoms with Crippen LogP contribution in [0.25, 0.3) is 10.9 Å². The van der Waals surface area contributed by atoms with Gasteiger partial charge in [0, 0.05) is 5.52 Å². The minimum absolute atomic E-state index is 0.00671. The first-order chi connectivity index (χ1) is 8.75. The number of carbonyl (C=O) groups is 1. The summed E-state index contributed by atoms with van der Waals surface area (Å²) < 4.78 is 0. The number of fused-ring (bicyclic) bond motifs is 1. The number of para-hydroxylation sites is 1. The van der Waals surface area contributed by atoms with Gasteiger partial charge in [0.1, 0.15) is 0 Å². The van der Waals surface area contributed by atoms with Crippen LogP contribution in [0.1, 0.15) is 16.2 Å². The molecule has 7 heteroatoms. The Balaban J connectivity index is 2.21. The molecule has 0 aliphatic rings. The number of hydrogen-bond acceptors (Lipinski definition) is 5. The second kappa shape index (κ2) is 3.88. The Morgan fingerprint density at radius 2 is 2.06 bits per heavy atom. The van der Waals surface area contributed by atoms with Gasteiger partial charge in [-0.2, -0.15) is 0 Å². The van der Waals surface area contributed by atoms with Gasteiger partial charge in [-0.15, -0.1) is 5.10 Å². The summed E-state index contributed by atoms with van der Waals surface area (Å²) in [5, 5.41) is 13.2. The fourth-order valence-corrected chi connectivity index (χ4v) is 1.70. The lowest BCUT2D eigenvalue weighted by Gasteiger charge is -2.00. The summed E-state index contributed by atoms with van der Waals surface area (Å²) in [6, 6.07) is 8.73. The highest BCUT2D eigenvalue weighted by molar-refractivity contribution is 6.07. The molecular weight excluding hydrogens is 234 g/mol. The first kappa shape index (κ1) is 10.3. The van der Waals surface area contributed by atoms with E-state index in [4.69, 9.17) is 0 Å². The van der Waals surface area contributed by atoms with E-state index in [0.717, 1.165) is 5.39 Å². The van der Waals surface area contributed by atoms with Gasteiger partial charge in [-0.25, -0.2) is 5.10 Å². The number of aromatic amines is 2. The number of nitrogens with one attached hydrogen (secondary N) is 2. The van der Waals surface area contributed by atoms with Gasteiger partial charge in [-0.1, -0.05) is 18.2 Å². The summed E-state index contributed by atoms with van der Waals surface area (Å²) in [5.74, 6) is -0.595. The number of H-pyrrole nitrogens is 2. The first-order valence-corrected chi connectivity index (χ1v) is 5.16. The molecule has 0 atom stereocenters. The number of ketones is 1. The van der Waals surface area contributed by atoms with Crippen molar-refractivity contribution < 1.29 is 4.79 Å². The summed E-state index contributed by atoms with van der Waals surface area (Å²) in [7, 11) is 0. The highest BCUT2D eigenvalue weighted by Crippen LogP contribution is 2.11. The molecule has 0 aliphatic carbocycles. The van der Waals surface area contributed by atoms with E-state index in [1.54, 1.807) is 18.2 Å². The van der Waals surface area contributed by atoms with Crippen LogP contribution in [0, 0.1) is 0 Å². The largest absolute Gasteiger partial charge is 0.321 e. The van der Waals surface area contributed by atoms with Crippen molar-refractivity contribution in [2.24, 2.45) is 0 Å². The molecule has 0 fully saturated rings. The summed E-state index contributed by atoms with van der Waals surface area (Å²) in [5.41, 5.74) is 0.220. The van der Waals surface area contributed by atoms with E-state index in [2.05, 4.69) is 25.6 Å². The van der Waals surface area contributed by atoms with Gasteiger partial charge >= 0.3 is 0 Å². The molecule has 88 valence electrons. The van der Waals surface area contributed by atoms with Crippen LogP contribution in [0.5, 0.6) is 0 Å². The number of carbonyl (C=O) groups excluding carboxylic acids is 1. The van der Waals surface area contributed by atoms with Crippen molar-refractivity contribution in [1.82, 2.24) is 25.6 Å². The van der Waals surface area contributed by atoms with Crippen molar-refractivity contribution >= 4 is 16.7 Å². The second-order valence-electron chi connectivity index (χ2n) is 3.68. The molecule has 2 aromatic heterocycles. The van der Waals surface area contributed by atoms with Crippen molar-refractivity contribution in [3.8, 4) is 0 Å². The van der Waals surface area contributed by atoms with Crippen molar-refractivity contribution in [3.63, 3.8) is 0 Å². The average Bonchev–Trinajstić information content (AvgIpc) is 2.91. The number of tetrazole rings is 1. The molecule has 1 aromatic carbocycles. The van der Waals surface area contributed by atoms with Crippen LogP contribution in [0.15, 0.2) is 35.1 Å².